The maximum Gasteiger partial charge on any atom is 0.314 e. The van der Waals surface area contributed by atoms with Gasteiger partial charge in [-0.2, -0.15) is 0 Å². The number of anilines is 1. The lowest BCUT2D eigenvalue weighted by Crippen LogP contribution is -2.29. The lowest BCUT2D eigenvalue weighted by Gasteiger charge is -2.05. The molecule has 0 saturated heterocycles. The molecule has 0 unspecified atom stereocenters. The summed E-state index contributed by atoms with van der Waals surface area (Å²) in [4.78, 5) is 26.9. The van der Waals surface area contributed by atoms with Crippen LogP contribution in [0.1, 0.15) is 0 Å². The normalized spacial score (nSPS) is 10.8. The van der Waals surface area contributed by atoms with Gasteiger partial charge in [0.25, 0.3) is 0 Å². The Morgan fingerprint density at radius 1 is 1.27 bits per heavy atom. The van der Waals surface area contributed by atoms with E-state index >= 15 is 0 Å². The van der Waals surface area contributed by atoms with Crippen molar-refractivity contribution in [2.24, 2.45) is 0 Å². The zero-order valence-corrected chi connectivity index (χ0v) is 9.57. The average molecular weight is 291 g/mol. The number of H-pyrrole nitrogens is 2. The Morgan fingerprint density at radius 3 is 2.53 bits per heavy atom. The van der Waals surface area contributed by atoms with Crippen molar-refractivity contribution in [3.8, 4) is 0 Å². The van der Waals surface area contributed by atoms with Gasteiger partial charge >= 0.3 is 11.1 Å². The number of nitrogens with two attached hydrogens (primary N) is 1. The first-order valence-electron chi connectivity index (χ1n) is 3.90. The number of halogens is 2. The molecule has 7 heteroatoms. The number of hydrogen-bond acceptors (Lipinski definition) is 3. The molecule has 15 heavy (non-hydrogen) atoms. The average Bonchev–Trinajstić information content (AvgIpc) is 2.19. The zero-order chi connectivity index (χ0) is 11.2. The Hall–Kier alpha value is -1.27. The Bertz CT molecular complexity index is 661. The van der Waals surface area contributed by atoms with E-state index in [0.29, 0.717) is 20.5 Å². The second kappa shape index (κ2) is 3.39. The summed E-state index contributed by atoms with van der Waals surface area (Å²) in [6.45, 7) is 0. The van der Waals surface area contributed by atoms with Gasteiger partial charge in [-0.15, -0.1) is 0 Å². The van der Waals surface area contributed by atoms with Crippen molar-refractivity contribution in [1.82, 2.24) is 9.97 Å². The molecule has 2 rings (SSSR count). The van der Waals surface area contributed by atoms with Crippen molar-refractivity contribution >= 4 is 44.3 Å². The molecule has 1 aromatic heterocycles. The topological polar surface area (TPSA) is 91.7 Å². The van der Waals surface area contributed by atoms with Crippen LogP contribution in [-0.4, -0.2) is 9.97 Å². The first-order chi connectivity index (χ1) is 7.00. The number of hydrogen-bond donors (Lipinski definition) is 3. The van der Waals surface area contributed by atoms with Crippen LogP contribution in [0.15, 0.2) is 20.1 Å². The van der Waals surface area contributed by atoms with Crippen LogP contribution in [0.25, 0.3) is 11.0 Å². The number of nitrogen functional groups attached to an aromatic ring is 1. The standard InChI is InChI=1S/C8H5BrClN3O2/c9-2-1-3-6(5(11)4(2)10)13-8(15)7(14)12-3/h1H,11H2,(H,12,14)(H,13,15). The third-order valence-electron chi connectivity index (χ3n) is 1.95. The molecule has 1 aromatic carbocycles. The van der Waals surface area contributed by atoms with Crippen LogP contribution in [0.5, 0.6) is 0 Å². The summed E-state index contributed by atoms with van der Waals surface area (Å²) in [5, 5.41) is 0.296. The van der Waals surface area contributed by atoms with Crippen LogP contribution in [0.4, 0.5) is 5.69 Å². The van der Waals surface area contributed by atoms with Crippen molar-refractivity contribution in [3.05, 3.63) is 36.3 Å². The summed E-state index contributed by atoms with van der Waals surface area (Å²) >= 11 is 9.05. The molecule has 0 aliphatic heterocycles. The third kappa shape index (κ3) is 1.55. The number of aromatic amines is 2. The summed E-state index contributed by atoms with van der Waals surface area (Å²) in [7, 11) is 0. The predicted octanol–water partition coefficient (Wildman–Crippen LogP) is 1.21. The van der Waals surface area contributed by atoms with Crippen LogP contribution < -0.4 is 16.9 Å². The summed E-state index contributed by atoms with van der Waals surface area (Å²) in [5.74, 6) is 0. The summed E-state index contributed by atoms with van der Waals surface area (Å²) in [6, 6.07) is 1.57. The van der Waals surface area contributed by atoms with Crippen LogP contribution in [0.3, 0.4) is 0 Å². The molecule has 0 amide bonds. The molecule has 5 nitrogen and oxygen atoms in total. The molecule has 1 heterocycles. The van der Waals surface area contributed by atoms with E-state index in [1.807, 2.05) is 0 Å². The van der Waals surface area contributed by atoms with Crippen molar-refractivity contribution < 1.29 is 0 Å². The fourth-order valence-electron chi connectivity index (χ4n) is 1.23. The highest BCUT2D eigenvalue weighted by Crippen LogP contribution is 2.32. The quantitative estimate of drug-likeness (QED) is 0.503. The smallest absolute Gasteiger partial charge is 0.314 e. The second-order valence-electron chi connectivity index (χ2n) is 2.92. The highest BCUT2D eigenvalue weighted by molar-refractivity contribution is 9.10. The summed E-state index contributed by atoms with van der Waals surface area (Å²) in [5.41, 5.74) is 5.17. The van der Waals surface area contributed by atoms with E-state index in [0.717, 1.165) is 0 Å². The summed E-state index contributed by atoms with van der Waals surface area (Å²) in [6.07, 6.45) is 0. The molecule has 0 radical (unpaired) electrons. The van der Waals surface area contributed by atoms with E-state index < -0.39 is 11.1 Å². The Labute approximate surface area is 96.4 Å². The van der Waals surface area contributed by atoms with E-state index in [9.17, 15) is 9.59 Å². The van der Waals surface area contributed by atoms with Crippen LogP contribution in [0, 0.1) is 0 Å². The molecule has 0 fully saturated rings. The minimum atomic E-state index is -0.757. The van der Waals surface area contributed by atoms with E-state index in [2.05, 4.69) is 25.9 Å². The molecular weight excluding hydrogens is 285 g/mol. The maximum atomic E-state index is 11.1. The largest absolute Gasteiger partial charge is 0.396 e. The molecule has 78 valence electrons. The van der Waals surface area contributed by atoms with Gasteiger partial charge in [0.1, 0.15) is 0 Å². The predicted molar refractivity (Wildman–Crippen MR) is 62.3 cm³/mol. The number of benzene rings is 1. The third-order valence-corrected chi connectivity index (χ3v) is 3.21. The molecule has 0 aliphatic carbocycles. The SMILES string of the molecule is Nc1c(Cl)c(Br)cc2[nH]c(=O)c(=O)[nH]c12. The minimum Gasteiger partial charge on any atom is -0.396 e. The highest BCUT2D eigenvalue weighted by Gasteiger charge is 2.09. The molecule has 0 bridgehead atoms. The monoisotopic (exact) mass is 289 g/mol. The molecule has 4 N–H and O–H groups in total. The van der Waals surface area contributed by atoms with Crippen LogP contribution in [0.2, 0.25) is 5.02 Å². The molecule has 0 saturated carbocycles. The van der Waals surface area contributed by atoms with E-state index in [1.54, 1.807) is 6.07 Å². The Balaban J connectivity index is 3.06. The fourth-order valence-corrected chi connectivity index (χ4v) is 1.82. The van der Waals surface area contributed by atoms with Gasteiger partial charge in [0.15, 0.2) is 0 Å². The first-order valence-corrected chi connectivity index (χ1v) is 5.07. The van der Waals surface area contributed by atoms with Crippen molar-refractivity contribution in [3.63, 3.8) is 0 Å². The number of nitrogens with one attached hydrogen (secondary N) is 2. The molecule has 0 aliphatic rings. The van der Waals surface area contributed by atoms with Gasteiger partial charge in [-0.05, 0) is 22.0 Å². The van der Waals surface area contributed by atoms with Gasteiger partial charge in [0.2, 0.25) is 0 Å². The van der Waals surface area contributed by atoms with Gasteiger partial charge in [0, 0.05) is 4.47 Å². The highest BCUT2D eigenvalue weighted by atomic mass is 79.9. The maximum absolute atomic E-state index is 11.1. The van der Waals surface area contributed by atoms with Gasteiger partial charge in [-0.25, -0.2) is 0 Å². The van der Waals surface area contributed by atoms with Crippen molar-refractivity contribution in [1.29, 1.82) is 0 Å². The minimum absolute atomic E-state index is 0.217. The zero-order valence-electron chi connectivity index (χ0n) is 7.23. The van der Waals surface area contributed by atoms with Crippen LogP contribution in [-0.2, 0) is 0 Å². The first kappa shape index (κ1) is 10.3. The lowest BCUT2D eigenvalue weighted by atomic mass is 10.2. The van der Waals surface area contributed by atoms with Gasteiger partial charge in [-0.1, -0.05) is 11.6 Å². The van der Waals surface area contributed by atoms with Gasteiger partial charge in [-0.3, -0.25) is 9.59 Å². The van der Waals surface area contributed by atoms with E-state index in [-0.39, 0.29) is 5.69 Å². The van der Waals surface area contributed by atoms with Gasteiger partial charge < -0.3 is 15.7 Å². The second-order valence-corrected chi connectivity index (χ2v) is 4.15. The van der Waals surface area contributed by atoms with E-state index in [4.69, 9.17) is 17.3 Å². The molecular formula is C8H5BrClN3O2. The number of rotatable bonds is 0. The lowest BCUT2D eigenvalue weighted by molar-refractivity contribution is 1.15. The van der Waals surface area contributed by atoms with Crippen molar-refractivity contribution in [2.75, 3.05) is 5.73 Å². The summed E-state index contributed by atoms with van der Waals surface area (Å²) < 4.78 is 0.553. The van der Waals surface area contributed by atoms with Crippen molar-refractivity contribution in [2.45, 2.75) is 0 Å². The molecule has 2 aromatic rings. The molecule has 0 atom stereocenters. The fraction of sp³-hybridized carbons (Fsp3) is 0. The number of aromatic nitrogens is 2. The number of fused-ring (bicyclic) bond motifs is 1. The van der Waals surface area contributed by atoms with Gasteiger partial charge in [0.05, 0.1) is 21.7 Å². The molecule has 0 spiro atoms. The Morgan fingerprint density at radius 2 is 1.87 bits per heavy atom. The Kier molecular flexibility index (Phi) is 2.32. The van der Waals surface area contributed by atoms with E-state index in [1.165, 1.54) is 0 Å². The van der Waals surface area contributed by atoms with Crippen LogP contribution >= 0.6 is 27.5 Å².